The molecule has 0 unspecified atom stereocenters. The van der Waals surface area contributed by atoms with Crippen LogP contribution in [-0.2, 0) is 17.8 Å². The lowest BCUT2D eigenvalue weighted by Crippen LogP contribution is -2.41. The normalized spacial score (nSPS) is 13.0. The van der Waals surface area contributed by atoms with Crippen LogP contribution < -0.4 is 5.32 Å². The van der Waals surface area contributed by atoms with Crippen molar-refractivity contribution >= 4 is 33.6 Å². The Kier molecular flexibility index (Phi) is 7.09. The number of halogens is 1. The van der Waals surface area contributed by atoms with Gasteiger partial charge in [0.15, 0.2) is 0 Å². The fraction of sp³-hybridized carbons (Fsp3) is 0.364. The van der Waals surface area contributed by atoms with E-state index in [9.17, 15) is 9.59 Å². The van der Waals surface area contributed by atoms with Crippen LogP contribution in [-0.4, -0.2) is 41.4 Å². The first-order valence-corrected chi connectivity index (χ1v) is 10.5. The van der Waals surface area contributed by atoms with E-state index < -0.39 is 0 Å². The molecular formula is C22H26BrN3O2. The van der Waals surface area contributed by atoms with Crippen LogP contribution in [0.5, 0.6) is 0 Å². The summed E-state index contributed by atoms with van der Waals surface area (Å²) in [5.41, 5.74) is 3.28. The van der Waals surface area contributed by atoms with E-state index in [2.05, 4.69) is 33.4 Å². The molecule has 1 aliphatic heterocycles. The highest BCUT2D eigenvalue weighted by Gasteiger charge is 2.22. The molecule has 148 valence electrons. The van der Waals surface area contributed by atoms with E-state index >= 15 is 0 Å². The van der Waals surface area contributed by atoms with Crippen LogP contribution in [0, 0.1) is 0 Å². The van der Waals surface area contributed by atoms with E-state index in [0.717, 1.165) is 29.5 Å². The summed E-state index contributed by atoms with van der Waals surface area (Å²) >= 11 is 3.41. The van der Waals surface area contributed by atoms with E-state index in [4.69, 9.17) is 0 Å². The zero-order valence-corrected chi connectivity index (χ0v) is 17.7. The number of amides is 3. The van der Waals surface area contributed by atoms with Gasteiger partial charge in [0, 0.05) is 42.8 Å². The maximum atomic E-state index is 12.7. The average Bonchev–Trinajstić information content (AvgIpc) is 2.70. The second-order valence-electron chi connectivity index (χ2n) is 7.01. The predicted molar refractivity (Wildman–Crippen MR) is 115 cm³/mol. The molecule has 0 spiro atoms. The molecule has 0 bridgehead atoms. The Morgan fingerprint density at radius 2 is 1.89 bits per heavy atom. The van der Waals surface area contributed by atoms with Crippen LogP contribution in [0.3, 0.4) is 0 Å². The number of anilines is 1. The van der Waals surface area contributed by atoms with Gasteiger partial charge in [-0.3, -0.25) is 4.79 Å². The molecule has 1 aliphatic rings. The molecule has 0 atom stereocenters. The van der Waals surface area contributed by atoms with Gasteiger partial charge in [-0.15, -0.1) is 0 Å². The summed E-state index contributed by atoms with van der Waals surface area (Å²) in [6, 6.07) is 15.6. The fourth-order valence-corrected chi connectivity index (χ4v) is 3.85. The zero-order chi connectivity index (χ0) is 19.9. The SMILES string of the molecule is CCCN(CCC(=O)N1CCc2ccccc2C1)C(=O)Nc1cccc(Br)c1. The Labute approximate surface area is 174 Å². The Morgan fingerprint density at radius 3 is 2.64 bits per heavy atom. The van der Waals surface area contributed by atoms with Gasteiger partial charge in [-0.2, -0.15) is 0 Å². The van der Waals surface area contributed by atoms with Gasteiger partial charge in [0.2, 0.25) is 5.91 Å². The van der Waals surface area contributed by atoms with E-state index in [1.807, 2.05) is 48.2 Å². The molecular weight excluding hydrogens is 418 g/mol. The van der Waals surface area contributed by atoms with Crippen LogP contribution in [0.4, 0.5) is 10.5 Å². The Hall–Kier alpha value is -2.34. The maximum absolute atomic E-state index is 12.7. The van der Waals surface area contributed by atoms with E-state index in [-0.39, 0.29) is 11.9 Å². The number of urea groups is 1. The lowest BCUT2D eigenvalue weighted by Gasteiger charge is -2.30. The van der Waals surface area contributed by atoms with Gasteiger partial charge in [-0.05, 0) is 42.2 Å². The second kappa shape index (κ2) is 9.73. The number of nitrogens with zero attached hydrogens (tertiary/aromatic N) is 2. The molecule has 0 radical (unpaired) electrons. The van der Waals surface area contributed by atoms with Crippen LogP contribution in [0.15, 0.2) is 53.0 Å². The number of carbonyl (C=O) groups excluding carboxylic acids is 2. The molecule has 0 aromatic heterocycles. The molecule has 3 rings (SSSR count). The molecule has 5 nitrogen and oxygen atoms in total. The third-order valence-corrected chi connectivity index (χ3v) is 5.43. The van der Waals surface area contributed by atoms with Crippen molar-refractivity contribution in [2.45, 2.75) is 32.7 Å². The van der Waals surface area contributed by atoms with Crippen molar-refractivity contribution in [2.75, 3.05) is 25.0 Å². The van der Waals surface area contributed by atoms with Crippen molar-refractivity contribution in [3.05, 3.63) is 64.1 Å². The van der Waals surface area contributed by atoms with E-state index in [1.54, 1.807) is 4.90 Å². The lowest BCUT2D eigenvalue weighted by molar-refractivity contribution is -0.132. The smallest absolute Gasteiger partial charge is 0.321 e. The van der Waals surface area contributed by atoms with Gasteiger partial charge >= 0.3 is 6.03 Å². The highest BCUT2D eigenvalue weighted by Crippen LogP contribution is 2.19. The largest absolute Gasteiger partial charge is 0.338 e. The summed E-state index contributed by atoms with van der Waals surface area (Å²) in [4.78, 5) is 29.0. The first kappa shape index (κ1) is 20.4. The van der Waals surface area contributed by atoms with Crippen LogP contribution >= 0.6 is 15.9 Å². The summed E-state index contributed by atoms with van der Waals surface area (Å²) in [6.07, 6.45) is 2.08. The van der Waals surface area contributed by atoms with Crippen molar-refractivity contribution in [3.63, 3.8) is 0 Å². The van der Waals surface area contributed by atoms with Gasteiger partial charge in [0.1, 0.15) is 0 Å². The highest BCUT2D eigenvalue weighted by molar-refractivity contribution is 9.10. The number of benzene rings is 2. The molecule has 3 amide bonds. The fourth-order valence-electron chi connectivity index (χ4n) is 3.45. The summed E-state index contributed by atoms with van der Waals surface area (Å²) in [6.45, 7) is 4.48. The van der Waals surface area contributed by atoms with Gasteiger partial charge in [0.05, 0.1) is 0 Å². The van der Waals surface area contributed by atoms with Crippen molar-refractivity contribution in [1.29, 1.82) is 0 Å². The minimum Gasteiger partial charge on any atom is -0.338 e. The molecule has 1 N–H and O–H groups in total. The molecule has 28 heavy (non-hydrogen) atoms. The molecule has 0 fully saturated rings. The van der Waals surface area contributed by atoms with Crippen LogP contribution in [0.25, 0.3) is 0 Å². The standard InChI is InChI=1S/C22H26BrN3O2/c1-2-12-25(22(28)24-20-9-5-8-19(23)15-20)14-11-21(27)26-13-10-17-6-3-4-7-18(17)16-26/h3-9,15H,2,10-14,16H2,1H3,(H,24,28). The topological polar surface area (TPSA) is 52.7 Å². The summed E-state index contributed by atoms with van der Waals surface area (Å²) in [7, 11) is 0. The number of hydrogen-bond acceptors (Lipinski definition) is 2. The van der Waals surface area contributed by atoms with Crippen LogP contribution in [0.1, 0.15) is 30.9 Å². The Bertz CT molecular complexity index is 840. The first-order chi connectivity index (χ1) is 13.6. The third-order valence-electron chi connectivity index (χ3n) is 4.94. The maximum Gasteiger partial charge on any atom is 0.321 e. The van der Waals surface area contributed by atoms with Crippen LogP contribution in [0.2, 0.25) is 0 Å². The average molecular weight is 444 g/mol. The van der Waals surface area contributed by atoms with Gasteiger partial charge in [-0.1, -0.05) is 53.2 Å². The number of carbonyl (C=O) groups is 2. The summed E-state index contributed by atoms with van der Waals surface area (Å²) < 4.78 is 0.910. The number of rotatable bonds is 6. The summed E-state index contributed by atoms with van der Waals surface area (Å²) in [5, 5.41) is 2.92. The highest BCUT2D eigenvalue weighted by atomic mass is 79.9. The van der Waals surface area contributed by atoms with Crippen molar-refractivity contribution in [2.24, 2.45) is 0 Å². The first-order valence-electron chi connectivity index (χ1n) is 9.73. The van der Waals surface area contributed by atoms with Crippen molar-refractivity contribution in [3.8, 4) is 0 Å². The van der Waals surface area contributed by atoms with E-state index in [0.29, 0.717) is 26.1 Å². The number of nitrogens with one attached hydrogen (secondary N) is 1. The third kappa shape index (κ3) is 5.35. The van der Waals surface area contributed by atoms with Crippen molar-refractivity contribution < 1.29 is 9.59 Å². The van der Waals surface area contributed by atoms with E-state index in [1.165, 1.54) is 11.1 Å². The van der Waals surface area contributed by atoms with Gasteiger partial charge in [0.25, 0.3) is 0 Å². The molecule has 6 heteroatoms. The molecule has 2 aromatic carbocycles. The predicted octanol–water partition coefficient (Wildman–Crippen LogP) is 4.67. The molecule has 0 saturated heterocycles. The van der Waals surface area contributed by atoms with Gasteiger partial charge < -0.3 is 15.1 Å². The zero-order valence-electron chi connectivity index (χ0n) is 16.2. The molecule has 0 aliphatic carbocycles. The second-order valence-corrected chi connectivity index (χ2v) is 7.93. The minimum absolute atomic E-state index is 0.103. The minimum atomic E-state index is -0.170. The number of fused-ring (bicyclic) bond motifs is 1. The molecule has 1 heterocycles. The summed E-state index contributed by atoms with van der Waals surface area (Å²) in [5.74, 6) is 0.103. The molecule has 2 aromatic rings. The Balaban J connectivity index is 1.55. The van der Waals surface area contributed by atoms with Gasteiger partial charge in [-0.25, -0.2) is 4.79 Å². The monoisotopic (exact) mass is 443 g/mol. The molecule has 0 saturated carbocycles. The lowest BCUT2D eigenvalue weighted by atomic mass is 10.00. The number of hydrogen-bond donors (Lipinski definition) is 1. The quantitative estimate of drug-likeness (QED) is 0.704. The van der Waals surface area contributed by atoms with Crippen molar-refractivity contribution in [1.82, 2.24) is 9.80 Å². The Morgan fingerprint density at radius 1 is 1.11 bits per heavy atom.